The molecule has 0 unspecified atom stereocenters. The molecule has 1 fully saturated rings. The summed E-state index contributed by atoms with van der Waals surface area (Å²) >= 11 is 1.31. The van der Waals surface area contributed by atoms with E-state index in [4.69, 9.17) is 18.9 Å². The van der Waals surface area contributed by atoms with E-state index in [-0.39, 0.29) is 0 Å². The highest BCUT2D eigenvalue weighted by molar-refractivity contribution is 7.99. The van der Waals surface area contributed by atoms with Crippen molar-refractivity contribution in [2.75, 3.05) is 24.7 Å². The van der Waals surface area contributed by atoms with Gasteiger partial charge in [-0.1, -0.05) is 12.1 Å². The summed E-state index contributed by atoms with van der Waals surface area (Å²) in [5.74, 6) is 0.0102. The molecule has 2 heterocycles. The molecule has 0 bridgehead atoms. The van der Waals surface area contributed by atoms with Crippen LogP contribution in [0.4, 0.5) is 5.82 Å². The Morgan fingerprint density at radius 2 is 1.59 bits per heavy atom. The standard InChI is InChI=1S/C24H28N2O7S/c1-14(27)30-20-13-34-24(23(32-16(3)29)22(20)31-15(2)28)33-19-8-6-7-17(11-19)18-9-10-21(25-12-18)26(4)5/h6-12,20,22-24H,13H2,1-5H3/t20-,22+,23-,24+/m1/s1. The molecule has 2 aromatic rings. The van der Waals surface area contributed by atoms with Crippen LogP contribution in [-0.2, 0) is 28.6 Å². The van der Waals surface area contributed by atoms with Crippen LogP contribution in [0.15, 0.2) is 42.6 Å². The fourth-order valence-electron chi connectivity index (χ4n) is 3.51. The molecule has 0 saturated carbocycles. The van der Waals surface area contributed by atoms with Gasteiger partial charge in [0.1, 0.15) is 11.6 Å². The highest BCUT2D eigenvalue weighted by Crippen LogP contribution is 2.35. The maximum absolute atomic E-state index is 11.8. The third-order valence-corrected chi connectivity index (χ3v) is 6.14. The van der Waals surface area contributed by atoms with Crippen molar-refractivity contribution in [1.82, 2.24) is 4.98 Å². The molecular formula is C24H28N2O7S. The minimum absolute atomic E-state index is 0.301. The molecule has 34 heavy (non-hydrogen) atoms. The van der Waals surface area contributed by atoms with Crippen LogP contribution in [0.25, 0.3) is 11.1 Å². The molecule has 1 aromatic carbocycles. The molecule has 9 nitrogen and oxygen atoms in total. The van der Waals surface area contributed by atoms with Crippen LogP contribution in [-0.4, -0.2) is 66.5 Å². The lowest BCUT2D eigenvalue weighted by Gasteiger charge is -2.39. The number of thioether (sulfide) groups is 1. The second-order valence-electron chi connectivity index (χ2n) is 7.94. The van der Waals surface area contributed by atoms with Crippen LogP contribution in [0.2, 0.25) is 0 Å². The van der Waals surface area contributed by atoms with Crippen molar-refractivity contribution in [1.29, 1.82) is 0 Å². The Hall–Kier alpha value is -3.27. The van der Waals surface area contributed by atoms with Crippen molar-refractivity contribution in [3.63, 3.8) is 0 Å². The number of nitrogens with zero attached hydrogens (tertiary/aromatic N) is 2. The van der Waals surface area contributed by atoms with Crippen LogP contribution < -0.4 is 9.64 Å². The van der Waals surface area contributed by atoms with Crippen molar-refractivity contribution in [3.05, 3.63) is 42.6 Å². The van der Waals surface area contributed by atoms with Gasteiger partial charge >= 0.3 is 17.9 Å². The first kappa shape index (κ1) is 25.4. The van der Waals surface area contributed by atoms with E-state index in [0.717, 1.165) is 16.9 Å². The summed E-state index contributed by atoms with van der Waals surface area (Å²) in [5, 5.41) is 0. The van der Waals surface area contributed by atoms with Gasteiger partial charge in [0, 0.05) is 52.4 Å². The zero-order chi connectivity index (χ0) is 24.8. The molecule has 0 spiro atoms. The Morgan fingerprint density at radius 3 is 2.18 bits per heavy atom. The lowest BCUT2D eigenvalue weighted by atomic mass is 10.1. The van der Waals surface area contributed by atoms with Crippen LogP contribution >= 0.6 is 11.8 Å². The number of carbonyl (C=O) groups is 3. The summed E-state index contributed by atoms with van der Waals surface area (Å²) in [4.78, 5) is 41.5. The first-order valence-electron chi connectivity index (χ1n) is 10.7. The zero-order valence-electron chi connectivity index (χ0n) is 19.7. The van der Waals surface area contributed by atoms with Gasteiger partial charge in [-0.15, -0.1) is 11.8 Å². The largest absolute Gasteiger partial charge is 0.476 e. The van der Waals surface area contributed by atoms with Gasteiger partial charge in [-0.25, -0.2) is 4.98 Å². The smallest absolute Gasteiger partial charge is 0.303 e. The zero-order valence-corrected chi connectivity index (χ0v) is 20.5. The number of hydrogen-bond acceptors (Lipinski definition) is 10. The number of anilines is 1. The third-order valence-electron chi connectivity index (χ3n) is 4.93. The van der Waals surface area contributed by atoms with Crippen LogP contribution in [0, 0.1) is 0 Å². The number of benzene rings is 1. The Labute approximate surface area is 202 Å². The highest BCUT2D eigenvalue weighted by atomic mass is 32.2. The highest BCUT2D eigenvalue weighted by Gasteiger charge is 2.47. The lowest BCUT2D eigenvalue weighted by molar-refractivity contribution is -0.186. The van der Waals surface area contributed by atoms with Crippen molar-refractivity contribution < 1.29 is 33.3 Å². The quantitative estimate of drug-likeness (QED) is 0.427. The van der Waals surface area contributed by atoms with Crippen LogP contribution in [0.3, 0.4) is 0 Å². The minimum atomic E-state index is -0.998. The molecule has 4 atom stereocenters. The van der Waals surface area contributed by atoms with E-state index in [2.05, 4.69) is 4.98 Å². The monoisotopic (exact) mass is 488 g/mol. The normalized spacial score (nSPS) is 21.8. The number of hydrogen-bond donors (Lipinski definition) is 0. The summed E-state index contributed by atoms with van der Waals surface area (Å²) in [5.41, 5.74) is 1.12. The van der Waals surface area contributed by atoms with Crippen molar-refractivity contribution >= 4 is 35.5 Å². The number of pyridine rings is 1. The maximum atomic E-state index is 11.8. The molecular weight excluding hydrogens is 460 g/mol. The number of ether oxygens (including phenoxy) is 4. The predicted molar refractivity (Wildman–Crippen MR) is 128 cm³/mol. The van der Waals surface area contributed by atoms with Crippen molar-refractivity contribution in [2.45, 2.75) is 44.5 Å². The first-order chi connectivity index (χ1) is 16.1. The molecule has 0 aliphatic carbocycles. The molecule has 0 amide bonds. The summed E-state index contributed by atoms with van der Waals surface area (Å²) in [7, 11) is 3.85. The van der Waals surface area contributed by atoms with Crippen molar-refractivity contribution in [3.8, 4) is 16.9 Å². The maximum Gasteiger partial charge on any atom is 0.303 e. The van der Waals surface area contributed by atoms with E-state index in [1.54, 1.807) is 12.3 Å². The number of esters is 3. The summed E-state index contributed by atoms with van der Waals surface area (Å²) < 4.78 is 22.4. The van der Waals surface area contributed by atoms with E-state index < -0.39 is 41.7 Å². The lowest BCUT2D eigenvalue weighted by Crippen LogP contribution is -2.55. The van der Waals surface area contributed by atoms with E-state index in [1.165, 1.54) is 32.5 Å². The second kappa shape index (κ2) is 11.2. The molecule has 1 aliphatic heterocycles. The number of rotatable bonds is 7. The summed E-state index contributed by atoms with van der Waals surface area (Å²) in [6.45, 7) is 3.77. The van der Waals surface area contributed by atoms with E-state index in [0.29, 0.717) is 11.5 Å². The van der Waals surface area contributed by atoms with E-state index in [1.807, 2.05) is 49.3 Å². The van der Waals surface area contributed by atoms with Gasteiger partial charge < -0.3 is 23.8 Å². The van der Waals surface area contributed by atoms with Gasteiger partial charge in [0.05, 0.1) is 0 Å². The molecule has 10 heteroatoms. The van der Waals surface area contributed by atoms with Gasteiger partial charge in [0.25, 0.3) is 0 Å². The molecule has 182 valence electrons. The second-order valence-corrected chi connectivity index (χ2v) is 9.07. The molecule has 1 aromatic heterocycles. The SMILES string of the molecule is CC(=O)O[C@@H]1[C@@H](OC(C)=O)[C@@H](Oc2cccc(-c3ccc(N(C)C)nc3)c2)SC[C@H]1OC(C)=O. The molecule has 1 saturated heterocycles. The summed E-state index contributed by atoms with van der Waals surface area (Å²) in [6.07, 6.45) is -0.966. The van der Waals surface area contributed by atoms with Crippen molar-refractivity contribution in [2.24, 2.45) is 0 Å². The minimum Gasteiger partial charge on any atom is -0.476 e. The number of aromatic nitrogens is 1. The average Bonchev–Trinajstić information content (AvgIpc) is 2.77. The topological polar surface area (TPSA) is 104 Å². The number of carbonyl (C=O) groups excluding carboxylic acids is 3. The average molecular weight is 489 g/mol. The van der Waals surface area contributed by atoms with Gasteiger partial charge in [0.2, 0.25) is 0 Å². The van der Waals surface area contributed by atoms with Gasteiger partial charge in [-0.2, -0.15) is 0 Å². The first-order valence-corrected chi connectivity index (χ1v) is 11.7. The Bertz CT molecular complexity index is 1030. The van der Waals surface area contributed by atoms with Crippen LogP contribution in [0.1, 0.15) is 20.8 Å². The van der Waals surface area contributed by atoms with Gasteiger partial charge in [-0.05, 0) is 29.8 Å². The molecule has 3 rings (SSSR count). The molecule has 1 aliphatic rings. The van der Waals surface area contributed by atoms with Gasteiger partial charge in [0.15, 0.2) is 23.7 Å². The third kappa shape index (κ3) is 6.63. The predicted octanol–water partition coefficient (Wildman–Crippen LogP) is 3.06. The van der Waals surface area contributed by atoms with Crippen LogP contribution in [0.5, 0.6) is 5.75 Å². The fraction of sp³-hybridized carbons (Fsp3) is 0.417. The Kier molecular flexibility index (Phi) is 8.38. The summed E-state index contributed by atoms with van der Waals surface area (Å²) in [6, 6.07) is 11.3. The molecule has 0 N–H and O–H groups in total. The fourth-order valence-corrected chi connectivity index (χ4v) is 4.73. The van der Waals surface area contributed by atoms with E-state index in [9.17, 15) is 14.4 Å². The Balaban J connectivity index is 1.85. The molecule has 0 radical (unpaired) electrons. The Morgan fingerprint density at radius 1 is 0.912 bits per heavy atom. The van der Waals surface area contributed by atoms with E-state index >= 15 is 0 Å². The van der Waals surface area contributed by atoms with Gasteiger partial charge in [-0.3, -0.25) is 14.4 Å².